The number of nitrogens with zero attached hydrogens (tertiary/aromatic N) is 1. The van der Waals surface area contributed by atoms with Crippen molar-refractivity contribution in [2.24, 2.45) is 0 Å². The lowest BCUT2D eigenvalue weighted by atomic mass is 10.1. The summed E-state index contributed by atoms with van der Waals surface area (Å²) in [4.78, 5) is 2.30. The number of nitrogens with two attached hydrogens (primary N) is 1. The zero-order chi connectivity index (χ0) is 12.1. The maximum absolute atomic E-state index is 13.3. The highest BCUT2D eigenvalue weighted by Gasteiger charge is 2.12. The maximum Gasteiger partial charge on any atom is 0.146 e. The molecule has 0 aliphatic carbocycles. The first-order chi connectivity index (χ1) is 7.56. The third kappa shape index (κ3) is 3.20. The Morgan fingerprint density at radius 2 is 2.06 bits per heavy atom. The van der Waals surface area contributed by atoms with Gasteiger partial charge in [0, 0.05) is 12.6 Å². The summed E-state index contributed by atoms with van der Waals surface area (Å²) < 4.78 is 13.3. The highest BCUT2D eigenvalue weighted by Crippen LogP contribution is 2.18. The van der Waals surface area contributed by atoms with E-state index < -0.39 is 0 Å². The van der Waals surface area contributed by atoms with Crippen LogP contribution >= 0.6 is 0 Å². The SMILES string of the molecule is CCCN(Cc1cccc(F)c1N)C(C)C. The molecule has 1 aromatic rings. The van der Waals surface area contributed by atoms with Gasteiger partial charge in [0.25, 0.3) is 0 Å². The summed E-state index contributed by atoms with van der Waals surface area (Å²) in [6.45, 7) is 8.16. The monoisotopic (exact) mass is 224 g/mol. The van der Waals surface area contributed by atoms with Gasteiger partial charge in [-0.05, 0) is 38.4 Å². The summed E-state index contributed by atoms with van der Waals surface area (Å²) in [5.41, 5.74) is 6.88. The molecule has 0 saturated heterocycles. The number of hydrogen-bond donors (Lipinski definition) is 1. The zero-order valence-electron chi connectivity index (χ0n) is 10.3. The van der Waals surface area contributed by atoms with E-state index in [2.05, 4.69) is 25.7 Å². The average Bonchev–Trinajstić information content (AvgIpc) is 2.23. The minimum Gasteiger partial charge on any atom is -0.396 e. The molecular weight excluding hydrogens is 203 g/mol. The van der Waals surface area contributed by atoms with Crippen molar-refractivity contribution in [3.8, 4) is 0 Å². The van der Waals surface area contributed by atoms with E-state index in [0.717, 1.165) is 25.1 Å². The number of halogens is 1. The maximum atomic E-state index is 13.3. The van der Waals surface area contributed by atoms with Gasteiger partial charge >= 0.3 is 0 Å². The Morgan fingerprint density at radius 1 is 1.38 bits per heavy atom. The Hall–Kier alpha value is -1.09. The fraction of sp³-hybridized carbons (Fsp3) is 0.538. The van der Waals surface area contributed by atoms with Crippen molar-refractivity contribution in [1.29, 1.82) is 0 Å². The van der Waals surface area contributed by atoms with Crippen molar-refractivity contribution in [3.05, 3.63) is 29.6 Å². The van der Waals surface area contributed by atoms with Crippen LogP contribution in [0.4, 0.5) is 10.1 Å². The van der Waals surface area contributed by atoms with Gasteiger partial charge in [0.15, 0.2) is 0 Å². The van der Waals surface area contributed by atoms with Crippen LogP contribution < -0.4 is 5.73 Å². The Labute approximate surface area is 97.3 Å². The summed E-state index contributed by atoms with van der Waals surface area (Å²) in [6.07, 6.45) is 1.09. The summed E-state index contributed by atoms with van der Waals surface area (Å²) in [5, 5.41) is 0. The molecule has 3 heteroatoms. The van der Waals surface area contributed by atoms with Crippen LogP contribution in [0.15, 0.2) is 18.2 Å². The smallest absolute Gasteiger partial charge is 0.146 e. The first-order valence-electron chi connectivity index (χ1n) is 5.83. The van der Waals surface area contributed by atoms with Gasteiger partial charge in [-0.2, -0.15) is 0 Å². The molecule has 0 fully saturated rings. The fourth-order valence-electron chi connectivity index (χ4n) is 1.75. The predicted molar refractivity (Wildman–Crippen MR) is 66.6 cm³/mol. The molecule has 0 heterocycles. The first-order valence-corrected chi connectivity index (χ1v) is 5.83. The molecule has 2 nitrogen and oxygen atoms in total. The van der Waals surface area contributed by atoms with E-state index in [1.807, 2.05) is 6.07 Å². The molecule has 0 aliphatic rings. The number of hydrogen-bond acceptors (Lipinski definition) is 2. The van der Waals surface area contributed by atoms with Gasteiger partial charge in [-0.1, -0.05) is 19.1 Å². The number of benzene rings is 1. The molecule has 2 N–H and O–H groups in total. The van der Waals surface area contributed by atoms with Crippen LogP contribution in [-0.2, 0) is 6.54 Å². The van der Waals surface area contributed by atoms with Gasteiger partial charge in [-0.25, -0.2) is 4.39 Å². The van der Waals surface area contributed by atoms with E-state index in [-0.39, 0.29) is 11.5 Å². The van der Waals surface area contributed by atoms with E-state index in [1.165, 1.54) is 6.07 Å². The van der Waals surface area contributed by atoms with Gasteiger partial charge in [-0.3, -0.25) is 4.90 Å². The van der Waals surface area contributed by atoms with E-state index in [0.29, 0.717) is 6.04 Å². The van der Waals surface area contributed by atoms with E-state index in [4.69, 9.17) is 5.73 Å². The molecule has 0 amide bonds. The Kier molecular flexibility index (Phi) is 4.74. The second kappa shape index (κ2) is 5.85. The van der Waals surface area contributed by atoms with Crippen LogP contribution in [0, 0.1) is 5.82 Å². The van der Waals surface area contributed by atoms with E-state index in [9.17, 15) is 4.39 Å². The van der Waals surface area contributed by atoms with Gasteiger partial charge in [0.05, 0.1) is 5.69 Å². The first kappa shape index (κ1) is 13.0. The van der Waals surface area contributed by atoms with E-state index >= 15 is 0 Å². The number of rotatable bonds is 5. The van der Waals surface area contributed by atoms with Crippen molar-refractivity contribution < 1.29 is 4.39 Å². The van der Waals surface area contributed by atoms with Crippen LogP contribution in [0.3, 0.4) is 0 Å². The van der Waals surface area contributed by atoms with Crippen molar-refractivity contribution in [2.45, 2.75) is 39.8 Å². The summed E-state index contributed by atoms with van der Waals surface area (Å²) in [6, 6.07) is 5.45. The largest absolute Gasteiger partial charge is 0.396 e. The molecule has 16 heavy (non-hydrogen) atoms. The molecule has 0 bridgehead atoms. The standard InChI is InChI=1S/C13H21FN2/c1-4-8-16(10(2)3)9-11-6-5-7-12(14)13(11)15/h5-7,10H,4,8-9,15H2,1-3H3. The van der Waals surface area contributed by atoms with Gasteiger partial charge < -0.3 is 5.73 Å². The molecule has 0 atom stereocenters. The third-order valence-electron chi connectivity index (χ3n) is 2.76. The Bertz CT molecular complexity index is 337. The average molecular weight is 224 g/mol. The molecule has 1 rings (SSSR count). The van der Waals surface area contributed by atoms with Gasteiger partial charge in [0.2, 0.25) is 0 Å². The molecule has 0 aliphatic heterocycles. The highest BCUT2D eigenvalue weighted by molar-refractivity contribution is 5.47. The van der Waals surface area contributed by atoms with Crippen LogP contribution in [0.2, 0.25) is 0 Å². The van der Waals surface area contributed by atoms with Crippen LogP contribution in [0.25, 0.3) is 0 Å². The van der Waals surface area contributed by atoms with Gasteiger partial charge in [0.1, 0.15) is 5.82 Å². The summed E-state index contributed by atoms with van der Waals surface area (Å²) >= 11 is 0. The predicted octanol–water partition coefficient (Wildman–Crippen LogP) is 3.03. The topological polar surface area (TPSA) is 29.3 Å². The minimum absolute atomic E-state index is 0.282. The number of para-hydroxylation sites is 1. The molecular formula is C13H21FN2. The summed E-state index contributed by atoms with van der Waals surface area (Å²) in [5.74, 6) is -0.322. The van der Waals surface area contributed by atoms with Crippen LogP contribution in [0.5, 0.6) is 0 Å². The van der Waals surface area contributed by atoms with E-state index in [1.54, 1.807) is 6.07 Å². The Balaban J connectivity index is 2.81. The van der Waals surface area contributed by atoms with Crippen molar-refractivity contribution >= 4 is 5.69 Å². The molecule has 0 saturated carbocycles. The third-order valence-corrected chi connectivity index (χ3v) is 2.76. The van der Waals surface area contributed by atoms with Crippen LogP contribution in [0.1, 0.15) is 32.8 Å². The lowest BCUT2D eigenvalue weighted by molar-refractivity contribution is 0.213. The molecule has 1 aromatic carbocycles. The Morgan fingerprint density at radius 3 is 2.62 bits per heavy atom. The molecule has 0 aromatic heterocycles. The second-order valence-corrected chi connectivity index (χ2v) is 4.38. The molecule has 90 valence electrons. The summed E-state index contributed by atoms with van der Waals surface area (Å²) in [7, 11) is 0. The highest BCUT2D eigenvalue weighted by atomic mass is 19.1. The number of nitrogen functional groups attached to an aromatic ring is 1. The lowest BCUT2D eigenvalue weighted by Crippen LogP contribution is -2.31. The van der Waals surface area contributed by atoms with Gasteiger partial charge in [-0.15, -0.1) is 0 Å². The minimum atomic E-state index is -0.322. The van der Waals surface area contributed by atoms with Crippen molar-refractivity contribution in [2.75, 3.05) is 12.3 Å². The molecule has 0 radical (unpaired) electrons. The number of anilines is 1. The quantitative estimate of drug-likeness (QED) is 0.779. The van der Waals surface area contributed by atoms with Crippen molar-refractivity contribution in [3.63, 3.8) is 0 Å². The molecule has 0 unspecified atom stereocenters. The zero-order valence-corrected chi connectivity index (χ0v) is 10.3. The second-order valence-electron chi connectivity index (χ2n) is 4.38. The fourth-order valence-corrected chi connectivity index (χ4v) is 1.75. The normalized spacial score (nSPS) is 11.4. The van der Waals surface area contributed by atoms with Crippen LogP contribution in [-0.4, -0.2) is 17.5 Å². The molecule has 0 spiro atoms. The lowest BCUT2D eigenvalue weighted by Gasteiger charge is -2.26. The van der Waals surface area contributed by atoms with Crippen molar-refractivity contribution in [1.82, 2.24) is 4.90 Å².